The minimum atomic E-state index is -0.314. The van der Waals surface area contributed by atoms with Crippen LogP contribution in [0.3, 0.4) is 0 Å². The molecule has 7 heteroatoms. The molecule has 2 N–H and O–H groups in total. The number of hydrogen-bond donors (Lipinski definition) is 2. The van der Waals surface area contributed by atoms with Crippen molar-refractivity contribution >= 4 is 29.2 Å². The summed E-state index contributed by atoms with van der Waals surface area (Å²) in [6, 6.07) is 4.87. The summed E-state index contributed by atoms with van der Waals surface area (Å²) in [6.45, 7) is 0. The Hall–Kier alpha value is -2.41. The van der Waals surface area contributed by atoms with Gasteiger partial charge in [-0.3, -0.25) is 15.1 Å². The first-order valence-corrected chi connectivity index (χ1v) is 5.46. The van der Waals surface area contributed by atoms with Crippen molar-refractivity contribution in [2.24, 2.45) is 0 Å². The Bertz CT molecular complexity index is 546. The van der Waals surface area contributed by atoms with Crippen LogP contribution in [0, 0.1) is 0 Å². The molecule has 0 aliphatic rings. The quantitative estimate of drug-likeness (QED) is 0.783. The van der Waals surface area contributed by atoms with Gasteiger partial charge in [-0.05, 0) is 30.4 Å². The topological polar surface area (TPSA) is 79.8 Å². The molecule has 0 spiro atoms. The number of rotatable bonds is 2. The smallest absolute Gasteiger partial charge is 0.257 e. The number of carbonyl (C=O) groups excluding carboxylic acids is 1. The fourth-order valence-electron chi connectivity index (χ4n) is 1.18. The molecule has 0 aliphatic heterocycles. The Morgan fingerprint density at radius 1 is 1.11 bits per heavy atom. The number of aromatic nitrogens is 3. The van der Waals surface area contributed by atoms with Crippen LogP contribution in [-0.4, -0.2) is 26.0 Å². The molecular weight excluding hydrogens is 250 g/mol. The summed E-state index contributed by atoms with van der Waals surface area (Å²) in [5, 5.41) is 5.36. The molecule has 2 aromatic rings. The van der Waals surface area contributed by atoms with Crippen LogP contribution in [0.2, 0.25) is 0 Å². The lowest BCUT2D eigenvalue weighted by Crippen LogP contribution is -2.34. The number of anilines is 1. The summed E-state index contributed by atoms with van der Waals surface area (Å²) < 4.78 is 0. The maximum Gasteiger partial charge on any atom is 0.257 e. The Kier molecular flexibility index (Phi) is 3.87. The van der Waals surface area contributed by atoms with Gasteiger partial charge in [0.2, 0.25) is 5.95 Å². The molecule has 2 heterocycles. The summed E-state index contributed by atoms with van der Waals surface area (Å²) in [5.41, 5.74) is 0.475. The number of nitrogens with one attached hydrogen (secondary N) is 2. The summed E-state index contributed by atoms with van der Waals surface area (Å²) in [4.78, 5) is 23.4. The van der Waals surface area contributed by atoms with Crippen LogP contribution in [0.5, 0.6) is 0 Å². The molecule has 0 saturated carbocycles. The van der Waals surface area contributed by atoms with E-state index in [1.807, 2.05) is 0 Å². The van der Waals surface area contributed by atoms with Crippen LogP contribution in [0.1, 0.15) is 10.4 Å². The van der Waals surface area contributed by atoms with E-state index in [0.29, 0.717) is 11.5 Å². The third kappa shape index (κ3) is 3.29. The molecule has 0 aliphatic carbocycles. The zero-order valence-corrected chi connectivity index (χ0v) is 10.0. The number of hydrogen-bond acceptors (Lipinski definition) is 5. The van der Waals surface area contributed by atoms with Gasteiger partial charge in [0.15, 0.2) is 5.11 Å². The summed E-state index contributed by atoms with van der Waals surface area (Å²) in [6.07, 6.45) is 6.21. The van der Waals surface area contributed by atoms with Crippen LogP contribution in [0.15, 0.2) is 43.0 Å². The number of carbonyl (C=O) groups is 1. The number of nitrogens with zero attached hydrogens (tertiary/aromatic N) is 3. The third-order valence-electron chi connectivity index (χ3n) is 1.96. The predicted octanol–water partition coefficient (Wildman–Crippen LogP) is 0.998. The first-order valence-electron chi connectivity index (χ1n) is 5.05. The lowest BCUT2D eigenvalue weighted by atomic mass is 10.2. The average Bonchev–Trinajstić information content (AvgIpc) is 2.40. The van der Waals surface area contributed by atoms with Gasteiger partial charge in [0, 0.05) is 30.4 Å². The van der Waals surface area contributed by atoms with E-state index in [4.69, 9.17) is 12.2 Å². The molecule has 2 rings (SSSR count). The van der Waals surface area contributed by atoms with Crippen LogP contribution in [-0.2, 0) is 0 Å². The first-order chi connectivity index (χ1) is 8.75. The lowest BCUT2D eigenvalue weighted by Gasteiger charge is -2.07. The molecule has 2 aromatic heterocycles. The van der Waals surface area contributed by atoms with Crippen LogP contribution in [0.4, 0.5) is 5.95 Å². The maximum absolute atomic E-state index is 11.7. The van der Waals surface area contributed by atoms with E-state index in [1.54, 1.807) is 30.6 Å². The molecule has 0 atom stereocenters. The molecule has 6 nitrogen and oxygen atoms in total. The van der Waals surface area contributed by atoms with Gasteiger partial charge in [0.1, 0.15) is 0 Å². The van der Waals surface area contributed by atoms with Crippen LogP contribution < -0.4 is 10.6 Å². The summed E-state index contributed by atoms with van der Waals surface area (Å²) in [5.74, 6) is 0.0170. The average molecular weight is 259 g/mol. The molecule has 1 amide bonds. The van der Waals surface area contributed by atoms with E-state index in [-0.39, 0.29) is 11.0 Å². The SMILES string of the molecule is O=C(NC(=S)Nc1ncccn1)c1ccncc1. The monoisotopic (exact) mass is 259 g/mol. The van der Waals surface area contributed by atoms with Crippen molar-refractivity contribution in [1.82, 2.24) is 20.3 Å². The first kappa shape index (κ1) is 12.1. The molecule has 90 valence electrons. The van der Waals surface area contributed by atoms with E-state index in [0.717, 1.165) is 0 Å². The fourth-order valence-corrected chi connectivity index (χ4v) is 1.36. The molecule has 0 bridgehead atoms. The van der Waals surface area contributed by atoms with Crippen molar-refractivity contribution < 1.29 is 4.79 Å². The van der Waals surface area contributed by atoms with Gasteiger partial charge in [0.05, 0.1) is 0 Å². The molecule has 0 aromatic carbocycles. The van der Waals surface area contributed by atoms with Crippen molar-refractivity contribution in [1.29, 1.82) is 0 Å². The van der Waals surface area contributed by atoms with Crippen molar-refractivity contribution in [2.45, 2.75) is 0 Å². The molecule has 0 unspecified atom stereocenters. The molecule has 0 saturated heterocycles. The zero-order chi connectivity index (χ0) is 12.8. The van der Waals surface area contributed by atoms with Gasteiger partial charge in [0.25, 0.3) is 5.91 Å². The Labute approximate surface area is 108 Å². The van der Waals surface area contributed by atoms with Crippen molar-refractivity contribution in [3.05, 3.63) is 48.5 Å². The number of amides is 1. The molecule has 0 fully saturated rings. The van der Waals surface area contributed by atoms with Gasteiger partial charge >= 0.3 is 0 Å². The second-order valence-corrected chi connectivity index (χ2v) is 3.62. The van der Waals surface area contributed by atoms with Gasteiger partial charge in [-0.25, -0.2) is 9.97 Å². The predicted molar refractivity (Wildman–Crippen MR) is 70.0 cm³/mol. The highest BCUT2D eigenvalue weighted by molar-refractivity contribution is 7.80. The summed E-state index contributed by atoms with van der Waals surface area (Å²) >= 11 is 4.97. The van der Waals surface area contributed by atoms with E-state index >= 15 is 0 Å². The number of pyridine rings is 1. The maximum atomic E-state index is 11.7. The second kappa shape index (κ2) is 5.78. The minimum absolute atomic E-state index is 0.142. The van der Waals surface area contributed by atoms with Gasteiger partial charge < -0.3 is 5.32 Å². The third-order valence-corrected chi connectivity index (χ3v) is 2.16. The highest BCUT2D eigenvalue weighted by atomic mass is 32.1. The molecule has 0 radical (unpaired) electrons. The minimum Gasteiger partial charge on any atom is -0.301 e. The van der Waals surface area contributed by atoms with Crippen molar-refractivity contribution in [2.75, 3.05) is 5.32 Å². The van der Waals surface area contributed by atoms with Crippen LogP contribution >= 0.6 is 12.2 Å². The normalized spacial score (nSPS) is 9.56. The Morgan fingerprint density at radius 3 is 2.44 bits per heavy atom. The summed E-state index contributed by atoms with van der Waals surface area (Å²) in [7, 11) is 0. The van der Waals surface area contributed by atoms with Gasteiger partial charge in [-0.15, -0.1) is 0 Å². The fraction of sp³-hybridized carbons (Fsp3) is 0. The Morgan fingerprint density at radius 2 is 1.78 bits per heavy atom. The standard InChI is InChI=1S/C11H9N5OS/c17-9(8-2-6-12-7-3-8)15-11(18)16-10-13-4-1-5-14-10/h1-7H,(H2,13,14,15,16,17,18). The van der Waals surface area contributed by atoms with Gasteiger partial charge in [-0.1, -0.05) is 0 Å². The second-order valence-electron chi connectivity index (χ2n) is 3.22. The van der Waals surface area contributed by atoms with Gasteiger partial charge in [-0.2, -0.15) is 0 Å². The molecular formula is C11H9N5OS. The van der Waals surface area contributed by atoms with E-state index in [9.17, 15) is 4.79 Å². The highest BCUT2D eigenvalue weighted by Crippen LogP contribution is 1.97. The lowest BCUT2D eigenvalue weighted by molar-refractivity contribution is 0.0977. The van der Waals surface area contributed by atoms with E-state index in [2.05, 4.69) is 25.6 Å². The zero-order valence-electron chi connectivity index (χ0n) is 9.20. The largest absolute Gasteiger partial charge is 0.301 e. The Balaban J connectivity index is 1.94. The van der Waals surface area contributed by atoms with Crippen molar-refractivity contribution in [3.63, 3.8) is 0 Å². The molecule has 18 heavy (non-hydrogen) atoms. The van der Waals surface area contributed by atoms with Crippen LogP contribution in [0.25, 0.3) is 0 Å². The van der Waals surface area contributed by atoms with Crippen molar-refractivity contribution in [3.8, 4) is 0 Å². The highest BCUT2D eigenvalue weighted by Gasteiger charge is 2.07. The van der Waals surface area contributed by atoms with E-state index < -0.39 is 0 Å². The van der Waals surface area contributed by atoms with E-state index in [1.165, 1.54) is 12.4 Å². The number of thiocarbonyl (C=S) groups is 1.